The first kappa shape index (κ1) is 13.5. The predicted octanol–water partition coefficient (Wildman–Crippen LogP) is 3.13. The molecule has 2 nitrogen and oxygen atoms in total. The van der Waals surface area contributed by atoms with Gasteiger partial charge in [0.2, 0.25) is 5.91 Å². The van der Waals surface area contributed by atoms with Crippen LogP contribution in [0.4, 0.5) is 0 Å². The Morgan fingerprint density at radius 1 is 1.44 bits per heavy atom. The van der Waals surface area contributed by atoms with Gasteiger partial charge in [-0.25, -0.2) is 0 Å². The van der Waals surface area contributed by atoms with Crippen LogP contribution in [0.2, 0.25) is 5.02 Å². The highest BCUT2D eigenvalue weighted by Gasteiger charge is 2.10. The first-order valence-electron chi connectivity index (χ1n) is 5.18. The highest BCUT2D eigenvalue weighted by Crippen LogP contribution is 2.16. The van der Waals surface area contributed by atoms with Crippen molar-refractivity contribution in [2.24, 2.45) is 0 Å². The van der Waals surface area contributed by atoms with Gasteiger partial charge in [0.05, 0.1) is 6.42 Å². The standard InChI is InChI=1S/C12H15BrClNO/c1-15(8-4-7-13)12(16)9-10-5-2-3-6-11(10)14/h2-3,5-6H,4,7-9H2,1H3. The Balaban J connectivity index is 2.54. The van der Waals surface area contributed by atoms with Gasteiger partial charge in [-0.3, -0.25) is 4.79 Å². The van der Waals surface area contributed by atoms with E-state index in [1.807, 2.05) is 31.3 Å². The van der Waals surface area contributed by atoms with Crippen molar-refractivity contribution in [3.63, 3.8) is 0 Å². The van der Waals surface area contributed by atoms with Crippen LogP contribution in [0.3, 0.4) is 0 Å². The second-order valence-corrected chi connectivity index (χ2v) is 4.83. The normalized spacial score (nSPS) is 10.2. The summed E-state index contributed by atoms with van der Waals surface area (Å²) < 4.78 is 0. The zero-order valence-corrected chi connectivity index (χ0v) is 11.6. The molecule has 1 aromatic carbocycles. The molecular formula is C12H15BrClNO. The number of carbonyl (C=O) groups is 1. The van der Waals surface area contributed by atoms with Gasteiger partial charge in [0.25, 0.3) is 0 Å². The topological polar surface area (TPSA) is 20.3 Å². The zero-order chi connectivity index (χ0) is 12.0. The number of rotatable bonds is 5. The number of likely N-dealkylation sites (N-methyl/N-ethyl adjacent to an activating group) is 1. The van der Waals surface area contributed by atoms with Crippen LogP contribution in [-0.4, -0.2) is 29.7 Å². The maximum Gasteiger partial charge on any atom is 0.226 e. The van der Waals surface area contributed by atoms with Crippen molar-refractivity contribution in [1.82, 2.24) is 4.90 Å². The summed E-state index contributed by atoms with van der Waals surface area (Å²) in [6.45, 7) is 0.772. The van der Waals surface area contributed by atoms with E-state index in [9.17, 15) is 4.79 Å². The van der Waals surface area contributed by atoms with E-state index in [0.29, 0.717) is 11.4 Å². The Kier molecular flexibility index (Phi) is 5.85. The fourth-order valence-corrected chi connectivity index (χ4v) is 1.81. The lowest BCUT2D eigenvalue weighted by Crippen LogP contribution is -2.29. The molecule has 0 bridgehead atoms. The quantitative estimate of drug-likeness (QED) is 0.765. The smallest absolute Gasteiger partial charge is 0.226 e. The van der Waals surface area contributed by atoms with Crippen molar-refractivity contribution >= 4 is 33.4 Å². The number of nitrogens with zero attached hydrogens (tertiary/aromatic N) is 1. The van der Waals surface area contributed by atoms with Crippen LogP contribution in [-0.2, 0) is 11.2 Å². The van der Waals surface area contributed by atoms with Crippen LogP contribution in [0.15, 0.2) is 24.3 Å². The lowest BCUT2D eigenvalue weighted by molar-refractivity contribution is -0.129. The molecule has 0 saturated carbocycles. The lowest BCUT2D eigenvalue weighted by atomic mass is 10.1. The largest absolute Gasteiger partial charge is 0.345 e. The molecule has 0 radical (unpaired) electrons. The minimum atomic E-state index is 0.106. The molecule has 0 spiro atoms. The molecule has 0 saturated heterocycles. The number of amides is 1. The molecule has 0 heterocycles. The van der Waals surface area contributed by atoms with Gasteiger partial charge in [-0.2, -0.15) is 0 Å². The van der Waals surface area contributed by atoms with Crippen LogP contribution in [0.25, 0.3) is 0 Å². The number of alkyl halides is 1. The highest BCUT2D eigenvalue weighted by molar-refractivity contribution is 9.09. The number of hydrogen-bond donors (Lipinski definition) is 0. The third kappa shape index (κ3) is 4.14. The first-order chi connectivity index (χ1) is 7.65. The van der Waals surface area contributed by atoms with E-state index in [2.05, 4.69) is 15.9 Å². The van der Waals surface area contributed by atoms with Crippen LogP contribution >= 0.6 is 27.5 Å². The summed E-state index contributed by atoms with van der Waals surface area (Å²) in [5.74, 6) is 0.106. The van der Waals surface area contributed by atoms with Crippen LogP contribution in [0.5, 0.6) is 0 Å². The summed E-state index contributed by atoms with van der Waals surface area (Å²) in [5, 5.41) is 1.57. The van der Waals surface area contributed by atoms with Crippen LogP contribution in [0.1, 0.15) is 12.0 Å². The van der Waals surface area contributed by atoms with E-state index >= 15 is 0 Å². The maximum absolute atomic E-state index is 11.8. The summed E-state index contributed by atoms with van der Waals surface area (Å²) in [6, 6.07) is 7.46. The molecule has 0 fully saturated rings. The van der Waals surface area contributed by atoms with E-state index in [4.69, 9.17) is 11.6 Å². The molecule has 0 aromatic heterocycles. The molecule has 16 heavy (non-hydrogen) atoms. The molecule has 88 valence electrons. The third-order valence-electron chi connectivity index (χ3n) is 2.35. The summed E-state index contributed by atoms with van der Waals surface area (Å²) in [7, 11) is 1.82. The van der Waals surface area contributed by atoms with Crippen molar-refractivity contribution < 1.29 is 4.79 Å². The number of hydrogen-bond acceptors (Lipinski definition) is 1. The van der Waals surface area contributed by atoms with Crippen molar-refractivity contribution in [3.05, 3.63) is 34.9 Å². The molecule has 4 heteroatoms. The summed E-state index contributed by atoms with van der Waals surface area (Å²) >= 11 is 9.35. The summed E-state index contributed by atoms with van der Waals surface area (Å²) in [5.41, 5.74) is 0.889. The molecule has 0 aliphatic heterocycles. The Morgan fingerprint density at radius 3 is 2.75 bits per heavy atom. The number of halogens is 2. The number of carbonyl (C=O) groups excluding carboxylic acids is 1. The van der Waals surface area contributed by atoms with Gasteiger partial charge >= 0.3 is 0 Å². The molecule has 0 N–H and O–H groups in total. The second kappa shape index (κ2) is 6.92. The van der Waals surface area contributed by atoms with Crippen molar-refractivity contribution in [2.75, 3.05) is 18.9 Å². The van der Waals surface area contributed by atoms with Gasteiger partial charge in [-0.05, 0) is 18.1 Å². The van der Waals surface area contributed by atoms with E-state index < -0.39 is 0 Å². The van der Waals surface area contributed by atoms with Crippen molar-refractivity contribution in [2.45, 2.75) is 12.8 Å². The van der Waals surface area contributed by atoms with Gasteiger partial charge in [-0.15, -0.1) is 0 Å². The SMILES string of the molecule is CN(CCCBr)C(=O)Cc1ccccc1Cl. The third-order valence-corrected chi connectivity index (χ3v) is 3.28. The van der Waals surface area contributed by atoms with Gasteiger partial charge < -0.3 is 4.90 Å². The molecule has 0 aliphatic rings. The molecule has 0 aliphatic carbocycles. The van der Waals surface area contributed by atoms with Gasteiger partial charge in [-0.1, -0.05) is 45.7 Å². The van der Waals surface area contributed by atoms with E-state index in [1.165, 1.54) is 0 Å². The predicted molar refractivity (Wildman–Crippen MR) is 71.2 cm³/mol. The van der Waals surface area contributed by atoms with Crippen molar-refractivity contribution in [3.8, 4) is 0 Å². The monoisotopic (exact) mass is 303 g/mol. The lowest BCUT2D eigenvalue weighted by Gasteiger charge is -2.16. The minimum absolute atomic E-state index is 0.106. The average molecular weight is 305 g/mol. The van der Waals surface area contributed by atoms with Crippen LogP contribution < -0.4 is 0 Å². The maximum atomic E-state index is 11.8. The van der Waals surface area contributed by atoms with Crippen molar-refractivity contribution in [1.29, 1.82) is 0 Å². The van der Waals surface area contributed by atoms with E-state index in [-0.39, 0.29) is 5.91 Å². The van der Waals surface area contributed by atoms with E-state index in [0.717, 1.165) is 23.9 Å². The molecule has 1 rings (SSSR count). The summed E-state index contributed by atoms with van der Waals surface area (Å²) in [6.07, 6.45) is 1.34. The van der Waals surface area contributed by atoms with Crippen LogP contribution in [0, 0.1) is 0 Å². The number of benzene rings is 1. The minimum Gasteiger partial charge on any atom is -0.345 e. The summed E-state index contributed by atoms with van der Waals surface area (Å²) in [4.78, 5) is 13.6. The molecule has 0 atom stereocenters. The average Bonchev–Trinajstić information content (AvgIpc) is 2.28. The van der Waals surface area contributed by atoms with Gasteiger partial charge in [0, 0.05) is 23.9 Å². The zero-order valence-electron chi connectivity index (χ0n) is 9.25. The highest BCUT2D eigenvalue weighted by atomic mass is 79.9. The van der Waals surface area contributed by atoms with Gasteiger partial charge in [0.1, 0.15) is 0 Å². The second-order valence-electron chi connectivity index (χ2n) is 3.63. The Bertz CT molecular complexity index is 357. The molecule has 0 unspecified atom stereocenters. The fraction of sp³-hybridized carbons (Fsp3) is 0.417. The van der Waals surface area contributed by atoms with E-state index in [1.54, 1.807) is 4.90 Å². The first-order valence-corrected chi connectivity index (χ1v) is 6.68. The van der Waals surface area contributed by atoms with Gasteiger partial charge in [0.15, 0.2) is 0 Å². The molecule has 1 aromatic rings. The molecular weight excluding hydrogens is 289 g/mol. The Hall–Kier alpha value is -0.540. The Morgan fingerprint density at radius 2 is 2.12 bits per heavy atom. The molecule has 1 amide bonds. The fourth-order valence-electron chi connectivity index (χ4n) is 1.36. The Labute approximate surface area is 110 Å².